The van der Waals surface area contributed by atoms with Gasteiger partial charge in [-0.3, -0.25) is 4.40 Å². The summed E-state index contributed by atoms with van der Waals surface area (Å²) in [6.07, 6.45) is 2.00. The third-order valence-corrected chi connectivity index (χ3v) is 3.41. The molecule has 1 atom stereocenters. The Kier molecular flexibility index (Phi) is 2.34. The Hall–Kier alpha value is -1.20. The van der Waals surface area contributed by atoms with Gasteiger partial charge in [0.2, 0.25) is 0 Å². The fourth-order valence-corrected chi connectivity index (χ4v) is 2.57. The number of hydrogen-bond donors (Lipinski definition) is 0. The number of hydrogen-bond acceptors (Lipinski definition) is 4. The van der Waals surface area contributed by atoms with Gasteiger partial charge >= 0.3 is 0 Å². The minimum absolute atomic E-state index is 0.361. The molecule has 1 saturated heterocycles. The second-order valence-corrected chi connectivity index (χ2v) is 4.91. The Labute approximate surface area is 104 Å². The van der Waals surface area contributed by atoms with Gasteiger partial charge in [0.05, 0.1) is 0 Å². The van der Waals surface area contributed by atoms with Crippen LogP contribution in [0.15, 0.2) is 6.07 Å². The molecule has 1 aliphatic heterocycles. The molecule has 1 fully saturated rings. The van der Waals surface area contributed by atoms with E-state index in [9.17, 15) is 0 Å². The smallest absolute Gasteiger partial charge is 0.170 e. The summed E-state index contributed by atoms with van der Waals surface area (Å²) in [5.74, 6) is 1.59. The highest BCUT2D eigenvalue weighted by Crippen LogP contribution is 2.34. The van der Waals surface area contributed by atoms with E-state index in [1.165, 1.54) is 0 Å². The zero-order valence-corrected chi connectivity index (χ0v) is 10.5. The van der Waals surface area contributed by atoms with Crippen LogP contribution >= 0.6 is 11.6 Å². The fraction of sp³-hybridized carbons (Fsp3) is 0.545. The number of fused-ring (bicyclic) bond motifs is 1. The molecule has 3 rings (SSSR count). The van der Waals surface area contributed by atoms with E-state index in [4.69, 9.17) is 16.3 Å². The summed E-state index contributed by atoms with van der Waals surface area (Å²) in [5.41, 5.74) is 0.355. The molecule has 90 valence electrons. The van der Waals surface area contributed by atoms with Gasteiger partial charge in [-0.1, -0.05) is 11.6 Å². The van der Waals surface area contributed by atoms with Crippen molar-refractivity contribution in [2.75, 3.05) is 6.61 Å². The van der Waals surface area contributed by atoms with E-state index in [1.54, 1.807) is 6.07 Å². The van der Waals surface area contributed by atoms with Gasteiger partial charge in [0.25, 0.3) is 0 Å². The van der Waals surface area contributed by atoms with Crippen LogP contribution in [0.4, 0.5) is 0 Å². The van der Waals surface area contributed by atoms with Gasteiger partial charge < -0.3 is 4.74 Å². The summed E-state index contributed by atoms with van der Waals surface area (Å²) < 4.78 is 7.71. The van der Waals surface area contributed by atoms with Gasteiger partial charge in [0.1, 0.15) is 16.6 Å². The summed E-state index contributed by atoms with van der Waals surface area (Å²) in [4.78, 5) is 4.23. The molecule has 0 N–H and O–H groups in total. The standard InChI is InChI=1S/C11H13ClN4O/c1-7-13-8(12)6-9-14-15-10(16(7)9)11(2)4-3-5-17-11/h6H,3-5H2,1-2H3. The molecule has 0 aliphatic carbocycles. The lowest BCUT2D eigenvalue weighted by molar-refractivity contribution is 0.00834. The van der Waals surface area contributed by atoms with Crippen LogP contribution in [0.5, 0.6) is 0 Å². The molecule has 0 saturated carbocycles. The number of nitrogens with zero attached hydrogens (tertiary/aromatic N) is 4. The second kappa shape index (κ2) is 3.65. The average Bonchev–Trinajstić information content (AvgIpc) is 2.84. The first-order valence-corrected chi connectivity index (χ1v) is 6.01. The maximum atomic E-state index is 5.90. The quantitative estimate of drug-likeness (QED) is 0.730. The predicted molar refractivity (Wildman–Crippen MR) is 63.1 cm³/mol. The minimum atomic E-state index is -0.361. The molecule has 5 nitrogen and oxygen atoms in total. The Morgan fingerprint density at radius 1 is 1.47 bits per heavy atom. The van der Waals surface area contributed by atoms with Crippen LogP contribution in [-0.4, -0.2) is 26.2 Å². The minimum Gasteiger partial charge on any atom is -0.367 e. The highest BCUT2D eigenvalue weighted by Gasteiger charge is 2.36. The SMILES string of the molecule is Cc1nc(Cl)cc2nnc(C3(C)CCCO3)n12. The molecule has 1 aliphatic rings. The van der Waals surface area contributed by atoms with Gasteiger partial charge in [-0.15, -0.1) is 10.2 Å². The molecule has 0 bridgehead atoms. The van der Waals surface area contributed by atoms with Gasteiger partial charge in [-0.25, -0.2) is 4.98 Å². The van der Waals surface area contributed by atoms with Crippen molar-refractivity contribution in [3.05, 3.63) is 22.9 Å². The van der Waals surface area contributed by atoms with Crippen molar-refractivity contribution < 1.29 is 4.74 Å². The normalized spacial score (nSPS) is 24.6. The van der Waals surface area contributed by atoms with Crippen LogP contribution in [0.1, 0.15) is 31.4 Å². The fourth-order valence-electron chi connectivity index (χ4n) is 2.35. The van der Waals surface area contributed by atoms with E-state index in [0.717, 1.165) is 31.1 Å². The molecule has 17 heavy (non-hydrogen) atoms. The molecule has 6 heteroatoms. The molecule has 0 aromatic carbocycles. The van der Waals surface area contributed by atoms with Crippen LogP contribution in [0.25, 0.3) is 5.65 Å². The predicted octanol–water partition coefficient (Wildman–Crippen LogP) is 2.11. The van der Waals surface area contributed by atoms with Crippen molar-refractivity contribution in [1.82, 2.24) is 19.6 Å². The topological polar surface area (TPSA) is 52.3 Å². The number of aryl methyl sites for hydroxylation is 1. The van der Waals surface area contributed by atoms with E-state index < -0.39 is 0 Å². The van der Waals surface area contributed by atoms with E-state index in [2.05, 4.69) is 15.2 Å². The van der Waals surface area contributed by atoms with E-state index in [1.807, 2.05) is 18.2 Å². The molecular formula is C11H13ClN4O. The van der Waals surface area contributed by atoms with E-state index in [-0.39, 0.29) is 5.60 Å². The maximum Gasteiger partial charge on any atom is 0.170 e. The first-order valence-electron chi connectivity index (χ1n) is 5.63. The zero-order valence-electron chi connectivity index (χ0n) is 9.77. The Morgan fingerprint density at radius 2 is 2.29 bits per heavy atom. The molecule has 3 heterocycles. The zero-order chi connectivity index (χ0) is 12.0. The van der Waals surface area contributed by atoms with E-state index in [0.29, 0.717) is 10.8 Å². The van der Waals surface area contributed by atoms with Crippen molar-refractivity contribution >= 4 is 17.2 Å². The summed E-state index contributed by atoms with van der Waals surface area (Å²) in [7, 11) is 0. The van der Waals surface area contributed by atoms with Gasteiger partial charge in [0.15, 0.2) is 11.5 Å². The second-order valence-electron chi connectivity index (χ2n) is 4.53. The number of aromatic nitrogens is 4. The van der Waals surface area contributed by atoms with Crippen molar-refractivity contribution in [1.29, 1.82) is 0 Å². The number of halogens is 1. The van der Waals surface area contributed by atoms with Crippen molar-refractivity contribution in [3.8, 4) is 0 Å². The van der Waals surface area contributed by atoms with Crippen LogP contribution in [-0.2, 0) is 10.3 Å². The number of rotatable bonds is 1. The van der Waals surface area contributed by atoms with Gasteiger partial charge in [-0.05, 0) is 26.7 Å². The van der Waals surface area contributed by atoms with Crippen LogP contribution in [0.2, 0.25) is 5.15 Å². The van der Waals surface area contributed by atoms with Gasteiger partial charge in [0, 0.05) is 12.7 Å². The number of ether oxygens (including phenoxy) is 1. The Balaban J connectivity index is 2.24. The molecule has 2 aromatic heterocycles. The summed E-state index contributed by atoms with van der Waals surface area (Å²) >= 11 is 5.90. The third-order valence-electron chi connectivity index (χ3n) is 3.22. The highest BCUT2D eigenvalue weighted by atomic mass is 35.5. The summed E-state index contributed by atoms with van der Waals surface area (Å²) in [6.45, 7) is 4.71. The summed E-state index contributed by atoms with van der Waals surface area (Å²) in [6, 6.07) is 1.71. The van der Waals surface area contributed by atoms with Crippen molar-refractivity contribution in [2.24, 2.45) is 0 Å². The van der Waals surface area contributed by atoms with Crippen molar-refractivity contribution in [2.45, 2.75) is 32.3 Å². The molecule has 0 spiro atoms. The molecular weight excluding hydrogens is 240 g/mol. The van der Waals surface area contributed by atoms with Crippen LogP contribution in [0, 0.1) is 6.92 Å². The van der Waals surface area contributed by atoms with Crippen LogP contribution in [0.3, 0.4) is 0 Å². The average molecular weight is 253 g/mol. The van der Waals surface area contributed by atoms with E-state index >= 15 is 0 Å². The molecule has 0 amide bonds. The van der Waals surface area contributed by atoms with Gasteiger partial charge in [-0.2, -0.15) is 0 Å². The lowest BCUT2D eigenvalue weighted by atomic mass is 10.0. The Morgan fingerprint density at radius 3 is 3.00 bits per heavy atom. The largest absolute Gasteiger partial charge is 0.367 e. The maximum absolute atomic E-state index is 5.90. The van der Waals surface area contributed by atoms with Crippen LogP contribution < -0.4 is 0 Å². The molecule has 1 unspecified atom stereocenters. The Bertz CT molecular complexity index is 574. The third kappa shape index (κ3) is 1.61. The first kappa shape index (κ1) is 10.9. The summed E-state index contributed by atoms with van der Waals surface area (Å²) in [5, 5.41) is 8.82. The first-order chi connectivity index (χ1) is 8.10. The molecule has 0 radical (unpaired) electrons. The lowest BCUT2D eigenvalue weighted by Crippen LogP contribution is -2.24. The van der Waals surface area contributed by atoms with Crippen molar-refractivity contribution in [3.63, 3.8) is 0 Å². The monoisotopic (exact) mass is 252 g/mol. The molecule has 2 aromatic rings. The lowest BCUT2D eigenvalue weighted by Gasteiger charge is -2.21. The highest BCUT2D eigenvalue weighted by molar-refractivity contribution is 6.29.